The Kier molecular flexibility index (Phi) is 5.92. The Morgan fingerprint density at radius 3 is 2.38 bits per heavy atom. The molecule has 0 rings (SSSR count). The minimum absolute atomic E-state index is 0.0566. The maximum absolute atomic E-state index is 12.0. The molecule has 0 bridgehead atoms. The Labute approximate surface area is 92.7 Å². The fraction of sp³-hybridized carbons (Fsp3) is 0.700. The van der Waals surface area contributed by atoms with Crippen LogP contribution in [0.5, 0.6) is 0 Å². The monoisotopic (exact) mass is 239 g/mol. The van der Waals surface area contributed by atoms with Gasteiger partial charge >= 0.3 is 6.18 Å². The van der Waals surface area contributed by atoms with Crippen molar-refractivity contribution in [3.05, 3.63) is 12.0 Å². The number of halogens is 3. The third-order valence-electron chi connectivity index (χ3n) is 1.84. The van der Waals surface area contributed by atoms with Gasteiger partial charge in [-0.15, -0.1) is 0 Å². The number of rotatable bonds is 6. The summed E-state index contributed by atoms with van der Waals surface area (Å²) in [5.74, 6) is -2.06. The molecule has 3 nitrogen and oxygen atoms in total. The molecule has 0 saturated heterocycles. The van der Waals surface area contributed by atoms with E-state index in [0.29, 0.717) is 12.5 Å². The van der Waals surface area contributed by atoms with Gasteiger partial charge in [-0.3, -0.25) is 4.79 Å². The fourth-order valence-electron chi connectivity index (χ4n) is 0.826. The second kappa shape index (κ2) is 6.40. The molecular formula is C10H16F3NO2. The van der Waals surface area contributed by atoms with E-state index in [1.54, 1.807) is 13.8 Å². The maximum Gasteiger partial charge on any atom is 0.454 e. The number of nitrogens with one attached hydrogen (secondary N) is 1. The van der Waals surface area contributed by atoms with Crippen LogP contribution in [0.15, 0.2) is 12.0 Å². The van der Waals surface area contributed by atoms with Crippen molar-refractivity contribution in [2.45, 2.75) is 39.4 Å². The first-order valence-electron chi connectivity index (χ1n) is 5.03. The number of hydrogen-bond donors (Lipinski definition) is 1. The SMILES string of the molecule is CCO/C(=C/C(=O)C(F)(F)F)N[C@@H](C)CC. The Balaban J connectivity index is 4.64. The van der Waals surface area contributed by atoms with E-state index in [1.165, 1.54) is 0 Å². The van der Waals surface area contributed by atoms with Crippen molar-refractivity contribution >= 4 is 5.78 Å². The van der Waals surface area contributed by atoms with Crippen molar-refractivity contribution in [1.82, 2.24) is 5.32 Å². The molecule has 94 valence electrons. The van der Waals surface area contributed by atoms with Crippen LogP contribution in [-0.4, -0.2) is 24.6 Å². The smallest absolute Gasteiger partial charge is 0.454 e. The quantitative estimate of drug-likeness (QED) is 0.571. The molecule has 0 aliphatic carbocycles. The molecule has 0 aromatic heterocycles. The summed E-state index contributed by atoms with van der Waals surface area (Å²) < 4.78 is 40.9. The van der Waals surface area contributed by atoms with Crippen molar-refractivity contribution in [2.24, 2.45) is 0 Å². The molecule has 0 saturated carbocycles. The lowest BCUT2D eigenvalue weighted by molar-refractivity contribution is -0.165. The van der Waals surface area contributed by atoms with Gasteiger partial charge < -0.3 is 10.1 Å². The minimum atomic E-state index is -4.86. The first kappa shape index (κ1) is 14.8. The zero-order chi connectivity index (χ0) is 12.8. The van der Waals surface area contributed by atoms with E-state index in [4.69, 9.17) is 4.74 Å². The normalized spacial score (nSPS) is 14.5. The number of carbonyl (C=O) groups is 1. The molecule has 0 aliphatic rings. The number of hydrogen-bond acceptors (Lipinski definition) is 3. The summed E-state index contributed by atoms with van der Waals surface area (Å²) in [5, 5.41) is 2.69. The number of alkyl halides is 3. The highest BCUT2D eigenvalue weighted by atomic mass is 19.4. The van der Waals surface area contributed by atoms with Gasteiger partial charge in [-0.1, -0.05) is 6.92 Å². The minimum Gasteiger partial charge on any atom is -0.479 e. The lowest BCUT2D eigenvalue weighted by atomic mass is 10.2. The van der Waals surface area contributed by atoms with Crippen LogP contribution in [0.3, 0.4) is 0 Å². The van der Waals surface area contributed by atoms with Crippen LogP contribution in [0.25, 0.3) is 0 Å². The average Bonchev–Trinajstić information content (AvgIpc) is 2.16. The third-order valence-corrected chi connectivity index (χ3v) is 1.84. The molecule has 0 unspecified atom stereocenters. The van der Waals surface area contributed by atoms with Gasteiger partial charge in [0.05, 0.1) is 12.7 Å². The summed E-state index contributed by atoms with van der Waals surface area (Å²) in [6, 6.07) is -0.0566. The highest BCUT2D eigenvalue weighted by Gasteiger charge is 2.37. The van der Waals surface area contributed by atoms with E-state index in [-0.39, 0.29) is 18.5 Å². The fourth-order valence-corrected chi connectivity index (χ4v) is 0.826. The van der Waals surface area contributed by atoms with Crippen LogP contribution in [0.4, 0.5) is 13.2 Å². The third kappa shape index (κ3) is 5.63. The molecule has 1 N–H and O–H groups in total. The van der Waals surface area contributed by atoms with Gasteiger partial charge in [0.25, 0.3) is 5.78 Å². The Hall–Kier alpha value is -1.20. The highest BCUT2D eigenvalue weighted by molar-refractivity contribution is 5.94. The second-order valence-corrected chi connectivity index (χ2v) is 3.26. The van der Waals surface area contributed by atoms with Gasteiger partial charge in [-0.05, 0) is 20.3 Å². The number of ketones is 1. The van der Waals surface area contributed by atoms with Crippen molar-refractivity contribution < 1.29 is 22.7 Å². The Morgan fingerprint density at radius 1 is 1.44 bits per heavy atom. The molecule has 0 spiro atoms. The molecule has 0 amide bonds. The van der Waals surface area contributed by atoms with Gasteiger partial charge in [0.15, 0.2) is 5.88 Å². The van der Waals surface area contributed by atoms with E-state index >= 15 is 0 Å². The Morgan fingerprint density at radius 2 is 2.00 bits per heavy atom. The van der Waals surface area contributed by atoms with E-state index in [9.17, 15) is 18.0 Å². The first-order valence-corrected chi connectivity index (χ1v) is 5.03. The van der Waals surface area contributed by atoms with Crippen LogP contribution >= 0.6 is 0 Å². The van der Waals surface area contributed by atoms with Gasteiger partial charge in [0, 0.05) is 6.04 Å². The molecule has 6 heteroatoms. The van der Waals surface area contributed by atoms with Crippen LogP contribution in [0, 0.1) is 0 Å². The predicted octanol–water partition coefficient (Wildman–Crippen LogP) is 2.38. The number of ether oxygens (including phenoxy) is 1. The molecular weight excluding hydrogens is 223 g/mol. The first-order chi connectivity index (χ1) is 7.31. The van der Waals surface area contributed by atoms with Crippen molar-refractivity contribution in [3.63, 3.8) is 0 Å². The second-order valence-electron chi connectivity index (χ2n) is 3.26. The highest BCUT2D eigenvalue weighted by Crippen LogP contribution is 2.17. The molecule has 0 aliphatic heterocycles. The van der Waals surface area contributed by atoms with Crippen LogP contribution in [0.1, 0.15) is 27.2 Å². The lowest BCUT2D eigenvalue weighted by Crippen LogP contribution is -2.29. The molecule has 0 aromatic rings. The van der Waals surface area contributed by atoms with Crippen molar-refractivity contribution in [1.29, 1.82) is 0 Å². The predicted molar refractivity (Wildman–Crippen MR) is 53.7 cm³/mol. The van der Waals surface area contributed by atoms with Gasteiger partial charge in [-0.2, -0.15) is 13.2 Å². The standard InChI is InChI=1S/C10H16F3NO2/c1-4-7(3)14-9(16-5-2)6-8(15)10(11,12)13/h6-7,14H,4-5H2,1-3H3/b9-6+/t7-/m0/s1. The van der Waals surface area contributed by atoms with Crippen molar-refractivity contribution in [2.75, 3.05) is 6.61 Å². The summed E-state index contributed by atoms with van der Waals surface area (Å²) in [5.41, 5.74) is 0. The average molecular weight is 239 g/mol. The lowest BCUT2D eigenvalue weighted by Gasteiger charge is -2.16. The molecule has 0 aromatic carbocycles. The summed E-state index contributed by atoms with van der Waals surface area (Å²) in [7, 11) is 0. The van der Waals surface area contributed by atoms with E-state index in [2.05, 4.69) is 5.32 Å². The van der Waals surface area contributed by atoms with Crippen LogP contribution in [-0.2, 0) is 9.53 Å². The largest absolute Gasteiger partial charge is 0.479 e. The van der Waals surface area contributed by atoms with E-state index in [0.717, 1.165) is 0 Å². The topological polar surface area (TPSA) is 38.3 Å². The Bertz CT molecular complexity index is 261. The molecule has 16 heavy (non-hydrogen) atoms. The molecule has 0 radical (unpaired) electrons. The van der Waals surface area contributed by atoms with Gasteiger partial charge in [-0.25, -0.2) is 0 Å². The molecule has 1 atom stereocenters. The van der Waals surface area contributed by atoms with Crippen LogP contribution < -0.4 is 5.32 Å². The molecule has 0 heterocycles. The van der Waals surface area contributed by atoms with E-state index in [1.807, 2.05) is 6.92 Å². The number of carbonyl (C=O) groups excluding carboxylic acids is 1. The summed E-state index contributed by atoms with van der Waals surface area (Å²) in [6.07, 6.45) is -3.71. The zero-order valence-electron chi connectivity index (χ0n) is 9.52. The zero-order valence-corrected chi connectivity index (χ0v) is 9.52. The van der Waals surface area contributed by atoms with Gasteiger partial charge in [0.2, 0.25) is 0 Å². The van der Waals surface area contributed by atoms with E-state index < -0.39 is 12.0 Å². The summed E-state index contributed by atoms with van der Waals surface area (Å²) >= 11 is 0. The number of allylic oxidation sites excluding steroid dienone is 1. The van der Waals surface area contributed by atoms with Crippen LogP contribution in [0.2, 0.25) is 0 Å². The van der Waals surface area contributed by atoms with Crippen molar-refractivity contribution in [3.8, 4) is 0 Å². The maximum atomic E-state index is 12.0. The molecule has 0 fully saturated rings. The van der Waals surface area contributed by atoms with Gasteiger partial charge in [0.1, 0.15) is 0 Å². The summed E-state index contributed by atoms with van der Waals surface area (Å²) in [4.78, 5) is 10.7. The summed E-state index contributed by atoms with van der Waals surface area (Å²) in [6.45, 7) is 5.47.